The fourth-order valence-corrected chi connectivity index (χ4v) is 2.65. The molecule has 1 amide bonds. The molecule has 0 unspecified atom stereocenters. The lowest BCUT2D eigenvalue weighted by molar-refractivity contribution is -0.137. The highest BCUT2D eigenvalue weighted by atomic mass is 19.4. The van der Waals surface area contributed by atoms with Crippen LogP contribution in [0.5, 0.6) is 0 Å². The van der Waals surface area contributed by atoms with Crippen molar-refractivity contribution in [2.24, 2.45) is 0 Å². The largest absolute Gasteiger partial charge is 0.416 e. The Morgan fingerprint density at radius 3 is 2.71 bits per heavy atom. The lowest BCUT2D eigenvalue weighted by Crippen LogP contribution is -2.27. The third kappa shape index (κ3) is 3.74. The van der Waals surface area contributed by atoms with Crippen molar-refractivity contribution in [2.75, 3.05) is 13.1 Å². The zero-order valence-electron chi connectivity index (χ0n) is 12.8. The summed E-state index contributed by atoms with van der Waals surface area (Å²) in [5.74, 6) is 0.367. The second-order valence-corrected chi connectivity index (χ2v) is 5.68. The van der Waals surface area contributed by atoms with Gasteiger partial charge in [0.2, 0.25) is 17.6 Å². The van der Waals surface area contributed by atoms with Crippen LogP contribution in [0.25, 0.3) is 11.4 Å². The van der Waals surface area contributed by atoms with E-state index in [0.29, 0.717) is 0 Å². The topological polar surface area (TPSA) is 59.2 Å². The average molecular weight is 339 g/mol. The molecular formula is C16H16F3N3O2. The van der Waals surface area contributed by atoms with Crippen LogP contribution in [0.3, 0.4) is 0 Å². The molecule has 8 heteroatoms. The van der Waals surface area contributed by atoms with E-state index < -0.39 is 11.7 Å². The van der Waals surface area contributed by atoms with Crippen LogP contribution < -0.4 is 0 Å². The van der Waals surface area contributed by atoms with Gasteiger partial charge in [0.15, 0.2) is 0 Å². The van der Waals surface area contributed by atoms with Crippen molar-refractivity contribution in [1.29, 1.82) is 0 Å². The molecule has 128 valence electrons. The Morgan fingerprint density at radius 1 is 1.25 bits per heavy atom. The molecule has 1 aromatic heterocycles. The molecule has 3 rings (SSSR count). The van der Waals surface area contributed by atoms with Crippen molar-refractivity contribution < 1.29 is 22.5 Å². The smallest absolute Gasteiger partial charge is 0.343 e. The number of hydrogen-bond acceptors (Lipinski definition) is 4. The van der Waals surface area contributed by atoms with E-state index in [1.165, 1.54) is 12.1 Å². The van der Waals surface area contributed by atoms with Crippen LogP contribution in [0.15, 0.2) is 28.8 Å². The fourth-order valence-electron chi connectivity index (χ4n) is 2.65. The van der Waals surface area contributed by atoms with Gasteiger partial charge in [-0.05, 0) is 25.0 Å². The van der Waals surface area contributed by atoms with Crippen LogP contribution >= 0.6 is 0 Å². The van der Waals surface area contributed by atoms with Crippen molar-refractivity contribution in [3.05, 3.63) is 35.7 Å². The van der Waals surface area contributed by atoms with Crippen LogP contribution in [-0.2, 0) is 17.4 Å². The molecule has 0 N–H and O–H groups in total. The highest BCUT2D eigenvalue weighted by Crippen LogP contribution is 2.31. The first-order valence-corrected chi connectivity index (χ1v) is 7.71. The normalized spacial score (nSPS) is 15.0. The van der Waals surface area contributed by atoms with E-state index in [-0.39, 0.29) is 36.0 Å². The van der Waals surface area contributed by atoms with Gasteiger partial charge in [-0.25, -0.2) is 0 Å². The minimum atomic E-state index is -4.43. The summed E-state index contributed by atoms with van der Waals surface area (Å²) in [5, 5.41) is 3.71. The molecule has 0 bridgehead atoms. The summed E-state index contributed by atoms with van der Waals surface area (Å²) < 4.78 is 43.3. The number of nitrogens with zero attached hydrogens (tertiary/aromatic N) is 3. The van der Waals surface area contributed by atoms with E-state index in [4.69, 9.17) is 4.52 Å². The number of carbonyl (C=O) groups is 1. The summed E-state index contributed by atoms with van der Waals surface area (Å²) >= 11 is 0. The van der Waals surface area contributed by atoms with Crippen LogP contribution in [-0.4, -0.2) is 34.0 Å². The SMILES string of the molecule is O=C(CCc1nc(-c2cccc(C(F)(F)F)c2)no1)N1CCCC1. The predicted molar refractivity (Wildman–Crippen MR) is 78.9 cm³/mol. The van der Waals surface area contributed by atoms with Gasteiger partial charge in [0.25, 0.3) is 0 Å². The van der Waals surface area contributed by atoms with Crippen LogP contribution in [0.1, 0.15) is 30.7 Å². The molecule has 0 atom stereocenters. The van der Waals surface area contributed by atoms with E-state index in [1.54, 1.807) is 4.90 Å². The molecule has 1 aromatic carbocycles. The molecular weight excluding hydrogens is 323 g/mol. The molecule has 2 heterocycles. The number of halogens is 3. The van der Waals surface area contributed by atoms with Crippen LogP contribution in [0.2, 0.25) is 0 Å². The van der Waals surface area contributed by atoms with Gasteiger partial charge in [-0.1, -0.05) is 17.3 Å². The summed E-state index contributed by atoms with van der Waals surface area (Å²) in [6.45, 7) is 1.55. The van der Waals surface area contributed by atoms with Gasteiger partial charge >= 0.3 is 6.18 Å². The number of amides is 1. The monoisotopic (exact) mass is 339 g/mol. The Balaban J connectivity index is 1.66. The Bertz CT molecular complexity index is 721. The van der Waals surface area contributed by atoms with Gasteiger partial charge in [0.1, 0.15) is 0 Å². The average Bonchev–Trinajstić information content (AvgIpc) is 3.23. The van der Waals surface area contributed by atoms with E-state index in [0.717, 1.165) is 38.1 Å². The number of aromatic nitrogens is 2. The molecule has 0 aliphatic carbocycles. The molecule has 0 radical (unpaired) electrons. The number of likely N-dealkylation sites (tertiary alicyclic amines) is 1. The van der Waals surface area contributed by atoms with Gasteiger partial charge in [-0.3, -0.25) is 4.79 Å². The fraction of sp³-hybridized carbons (Fsp3) is 0.438. The van der Waals surface area contributed by atoms with Gasteiger partial charge in [-0.2, -0.15) is 18.2 Å². The number of benzene rings is 1. The first-order chi connectivity index (χ1) is 11.4. The first kappa shape index (κ1) is 16.5. The van der Waals surface area contributed by atoms with Crippen molar-refractivity contribution in [3.8, 4) is 11.4 Å². The first-order valence-electron chi connectivity index (χ1n) is 7.71. The lowest BCUT2D eigenvalue weighted by atomic mass is 10.1. The van der Waals surface area contributed by atoms with E-state index in [9.17, 15) is 18.0 Å². The highest BCUT2D eigenvalue weighted by molar-refractivity contribution is 5.76. The minimum Gasteiger partial charge on any atom is -0.343 e. The lowest BCUT2D eigenvalue weighted by Gasteiger charge is -2.13. The van der Waals surface area contributed by atoms with Gasteiger partial charge < -0.3 is 9.42 Å². The van der Waals surface area contributed by atoms with E-state index >= 15 is 0 Å². The Hall–Kier alpha value is -2.38. The summed E-state index contributed by atoms with van der Waals surface area (Å²) in [7, 11) is 0. The minimum absolute atomic E-state index is 0.0336. The molecule has 24 heavy (non-hydrogen) atoms. The Kier molecular flexibility index (Phi) is 4.55. The molecule has 1 saturated heterocycles. The van der Waals surface area contributed by atoms with E-state index in [2.05, 4.69) is 10.1 Å². The summed E-state index contributed by atoms with van der Waals surface area (Å²) in [6, 6.07) is 4.74. The van der Waals surface area contributed by atoms with Crippen molar-refractivity contribution in [3.63, 3.8) is 0 Å². The van der Waals surface area contributed by atoms with Crippen molar-refractivity contribution in [2.45, 2.75) is 31.9 Å². The molecule has 2 aromatic rings. The van der Waals surface area contributed by atoms with Gasteiger partial charge in [-0.15, -0.1) is 0 Å². The number of alkyl halides is 3. The molecule has 5 nitrogen and oxygen atoms in total. The standard InChI is InChI=1S/C16H16F3N3O2/c17-16(18,19)12-5-3-4-11(10-12)15-20-13(24-21-15)6-7-14(23)22-8-1-2-9-22/h3-5,10H,1-2,6-9H2. The molecule has 1 fully saturated rings. The molecule has 0 saturated carbocycles. The second-order valence-electron chi connectivity index (χ2n) is 5.68. The molecule has 0 spiro atoms. The van der Waals surface area contributed by atoms with E-state index in [1.807, 2.05) is 0 Å². The molecule has 1 aliphatic rings. The number of rotatable bonds is 4. The van der Waals surface area contributed by atoms with Crippen molar-refractivity contribution >= 4 is 5.91 Å². The van der Waals surface area contributed by atoms with Gasteiger partial charge in [0, 0.05) is 31.5 Å². The predicted octanol–water partition coefficient (Wildman–Crippen LogP) is 3.31. The zero-order chi connectivity index (χ0) is 17.2. The molecule has 1 aliphatic heterocycles. The number of carbonyl (C=O) groups excluding carboxylic acids is 1. The maximum Gasteiger partial charge on any atom is 0.416 e. The van der Waals surface area contributed by atoms with Crippen LogP contribution in [0.4, 0.5) is 13.2 Å². The third-order valence-corrected chi connectivity index (χ3v) is 3.93. The highest BCUT2D eigenvalue weighted by Gasteiger charge is 2.30. The Labute approximate surface area is 136 Å². The summed E-state index contributed by atoms with van der Waals surface area (Å²) in [6.07, 6.45) is -1.85. The second kappa shape index (κ2) is 6.62. The van der Waals surface area contributed by atoms with Gasteiger partial charge in [0.05, 0.1) is 5.56 Å². The van der Waals surface area contributed by atoms with Crippen molar-refractivity contribution in [1.82, 2.24) is 15.0 Å². The zero-order valence-corrected chi connectivity index (χ0v) is 12.8. The summed E-state index contributed by atoms with van der Waals surface area (Å²) in [5.41, 5.74) is -0.541. The maximum absolute atomic E-state index is 12.7. The quantitative estimate of drug-likeness (QED) is 0.857. The third-order valence-electron chi connectivity index (χ3n) is 3.93. The number of aryl methyl sites for hydroxylation is 1. The number of hydrogen-bond donors (Lipinski definition) is 0. The Morgan fingerprint density at radius 2 is 2.00 bits per heavy atom. The summed E-state index contributed by atoms with van der Waals surface area (Å²) in [4.78, 5) is 17.8. The van der Waals surface area contributed by atoms with Crippen LogP contribution in [0, 0.1) is 0 Å². The maximum atomic E-state index is 12.7.